The summed E-state index contributed by atoms with van der Waals surface area (Å²) in [7, 11) is 0. The first kappa shape index (κ1) is 12.7. The zero-order valence-corrected chi connectivity index (χ0v) is 11.2. The molecule has 18 heavy (non-hydrogen) atoms. The fourth-order valence-electron chi connectivity index (χ4n) is 1.43. The minimum absolute atomic E-state index is 0.262. The lowest BCUT2D eigenvalue weighted by molar-refractivity contribution is 0.102. The summed E-state index contributed by atoms with van der Waals surface area (Å²) < 4.78 is 13.3. The van der Waals surface area contributed by atoms with Gasteiger partial charge < -0.3 is 5.32 Å². The van der Waals surface area contributed by atoms with E-state index in [1.54, 1.807) is 18.5 Å². The van der Waals surface area contributed by atoms with Crippen LogP contribution in [0.4, 0.5) is 10.1 Å². The van der Waals surface area contributed by atoms with Gasteiger partial charge in [-0.3, -0.25) is 9.78 Å². The molecule has 92 valence electrons. The summed E-state index contributed by atoms with van der Waals surface area (Å²) in [6, 6.07) is 5.92. The van der Waals surface area contributed by atoms with Crippen molar-refractivity contribution in [3.8, 4) is 0 Å². The number of hydrogen-bond donors (Lipinski definition) is 1. The predicted octanol–water partition coefficient (Wildman–Crippen LogP) is 3.54. The zero-order chi connectivity index (χ0) is 13.1. The van der Waals surface area contributed by atoms with Crippen LogP contribution >= 0.6 is 15.9 Å². The first-order valence-corrected chi connectivity index (χ1v) is 6.04. The number of carbonyl (C=O) groups excluding carboxylic acids is 1. The number of benzene rings is 1. The third kappa shape index (κ3) is 2.73. The van der Waals surface area contributed by atoms with Gasteiger partial charge in [-0.05, 0) is 52.7 Å². The van der Waals surface area contributed by atoms with Crippen LogP contribution in [0.5, 0.6) is 0 Å². The van der Waals surface area contributed by atoms with Gasteiger partial charge in [0.05, 0.1) is 16.4 Å². The highest BCUT2D eigenvalue weighted by molar-refractivity contribution is 9.10. The van der Waals surface area contributed by atoms with E-state index in [9.17, 15) is 9.18 Å². The molecule has 0 spiro atoms. The number of aryl methyl sites for hydroxylation is 1. The van der Waals surface area contributed by atoms with Gasteiger partial charge in [0, 0.05) is 11.8 Å². The number of nitrogens with zero attached hydrogens (tertiary/aromatic N) is 1. The lowest BCUT2D eigenvalue weighted by atomic mass is 10.2. The quantitative estimate of drug-likeness (QED) is 0.922. The topological polar surface area (TPSA) is 42.0 Å². The molecule has 0 aliphatic heterocycles. The monoisotopic (exact) mass is 308 g/mol. The van der Waals surface area contributed by atoms with Crippen molar-refractivity contribution in [3.63, 3.8) is 0 Å². The average molecular weight is 309 g/mol. The van der Waals surface area contributed by atoms with E-state index < -0.39 is 5.82 Å². The zero-order valence-electron chi connectivity index (χ0n) is 9.58. The Labute approximate surface area is 112 Å². The second kappa shape index (κ2) is 5.27. The summed E-state index contributed by atoms with van der Waals surface area (Å²) >= 11 is 3.05. The Hall–Kier alpha value is -1.75. The highest BCUT2D eigenvalue weighted by Gasteiger charge is 2.09. The molecular formula is C13H10BrFN2O. The molecule has 0 aliphatic carbocycles. The maximum Gasteiger partial charge on any atom is 0.255 e. The molecule has 0 aliphatic rings. The SMILES string of the molecule is Cc1ccncc1NC(=O)c1ccc(F)c(Br)c1. The van der Waals surface area contributed by atoms with Crippen molar-refractivity contribution in [1.29, 1.82) is 0 Å². The molecule has 1 N–H and O–H groups in total. The van der Waals surface area contributed by atoms with Crippen molar-refractivity contribution in [2.24, 2.45) is 0 Å². The Morgan fingerprint density at radius 2 is 2.17 bits per heavy atom. The van der Waals surface area contributed by atoms with E-state index in [4.69, 9.17) is 0 Å². The third-order valence-corrected chi connectivity index (χ3v) is 3.08. The molecule has 2 aromatic rings. The van der Waals surface area contributed by atoms with Gasteiger partial charge in [0.2, 0.25) is 0 Å². The van der Waals surface area contributed by atoms with Crippen LogP contribution in [0.3, 0.4) is 0 Å². The normalized spacial score (nSPS) is 10.2. The van der Waals surface area contributed by atoms with E-state index in [-0.39, 0.29) is 10.4 Å². The van der Waals surface area contributed by atoms with Gasteiger partial charge in [-0.1, -0.05) is 0 Å². The van der Waals surface area contributed by atoms with Crippen LogP contribution in [-0.2, 0) is 0 Å². The van der Waals surface area contributed by atoms with E-state index in [1.165, 1.54) is 18.2 Å². The summed E-state index contributed by atoms with van der Waals surface area (Å²) in [5.41, 5.74) is 1.94. The van der Waals surface area contributed by atoms with E-state index in [1.807, 2.05) is 6.92 Å². The smallest absolute Gasteiger partial charge is 0.255 e. The maximum absolute atomic E-state index is 13.1. The Morgan fingerprint density at radius 1 is 1.39 bits per heavy atom. The minimum atomic E-state index is -0.399. The second-order valence-electron chi connectivity index (χ2n) is 3.77. The van der Waals surface area contributed by atoms with Crippen LogP contribution in [0.1, 0.15) is 15.9 Å². The molecule has 1 amide bonds. The molecule has 2 rings (SSSR count). The number of nitrogens with one attached hydrogen (secondary N) is 1. The van der Waals surface area contributed by atoms with Crippen molar-refractivity contribution >= 4 is 27.5 Å². The van der Waals surface area contributed by atoms with E-state index >= 15 is 0 Å². The molecule has 0 bridgehead atoms. The fourth-order valence-corrected chi connectivity index (χ4v) is 1.81. The number of rotatable bonds is 2. The minimum Gasteiger partial charge on any atom is -0.320 e. The summed E-state index contributed by atoms with van der Waals surface area (Å²) in [5.74, 6) is -0.698. The summed E-state index contributed by atoms with van der Waals surface area (Å²) in [4.78, 5) is 15.9. The first-order chi connectivity index (χ1) is 8.58. The summed E-state index contributed by atoms with van der Waals surface area (Å²) in [6.07, 6.45) is 3.23. The molecule has 1 aromatic heterocycles. The summed E-state index contributed by atoms with van der Waals surface area (Å²) in [5, 5.41) is 2.73. The Bertz CT molecular complexity index is 601. The predicted molar refractivity (Wildman–Crippen MR) is 71.0 cm³/mol. The standard InChI is InChI=1S/C13H10BrFN2O/c1-8-4-5-16-7-12(8)17-13(18)9-2-3-11(15)10(14)6-9/h2-7H,1H3,(H,17,18). The molecule has 0 fully saturated rings. The summed E-state index contributed by atoms with van der Waals surface area (Å²) in [6.45, 7) is 1.87. The van der Waals surface area contributed by atoms with Gasteiger partial charge in [0.25, 0.3) is 5.91 Å². The van der Waals surface area contributed by atoms with Crippen LogP contribution in [0, 0.1) is 12.7 Å². The molecule has 1 heterocycles. The van der Waals surface area contributed by atoms with Crippen molar-refractivity contribution in [3.05, 3.63) is 58.1 Å². The highest BCUT2D eigenvalue weighted by Crippen LogP contribution is 2.18. The number of pyridine rings is 1. The third-order valence-electron chi connectivity index (χ3n) is 2.47. The van der Waals surface area contributed by atoms with Gasteiger partial charge in [0.15, 0.2) is 0 Å². The number of anilines is 1. The van der Waals surface area contributed by atoms with Crippen LogP contribution in [0.2, 0.25) is 0 Å². The first-order valence-electron chi connectivity index (χ1n) is 5.25. The molecule has 0 saturated carbocycles. The van der Waals surface area contributed by atoms with Gasteiger partial charge in [0.1, 0.15) is 5.82 Å². The van der Waals surface area contributed by atoms with Crippen LogP contribution in [0.15, 0.2) is 41.1 Å². The van der Waals surface area contributed by atoms with E-state index in [0.29, 0.717) is 11.3 Å². The average Bonchev–Trinajstić information content (AvgIpc) is 2.35. The van der Waals surface area contributed by atoms with Gasteiger partial charge in [-0.2, -0.15) is 0 Å². The Kier molecular flexibility index (Phi) is 3.72. The van der Waals surface area contributed by atoms with Crippen molar-refractivity contribution < 1.29 is 9.18 Å². The number of hydrogen-bond acceptors (Lipinski definition) is 2. The van der Waals surface area contributed by atoms with Crippen LogP contribution in [0.25, 0.3) is 0 Å². The van der Waals surface area contributed by atoms with Crippen LogP contribution in [-0.4, -0.2) is 10.9 Å². The van der Waals surface area contributed by atoms with E-state index in [2.05, 4.69) is 26.2 Å². The number of aromatic nitrogens is 1. The number of carbonyl (C=O) groups is 1. The van der Waals surface area contributed by atoms with Crippen LogP contribution < -0.4 is 5.32 Å². The van der Waals surface area contributed by atoms with Gasteiger partial charge >= 0.3 is 0 Å². The molecule has 0 unspecified atom stereocenters. The molecular weight excluding hydrogens is 299 g/mol. The van der Waals surface area contributed by atoms with Crippen molar-refractivity contribution in [2.75, 3.05) is 5.32 Å². The molecule has 0 saturated heterocycles. The van der Waals surface area contributed by atoms with Crippen molar-refractivity contribution in [1.82, 2.24) is 4.98 Å². The molecule has 1 aromatic carbocycles. The number of halogens is 2. The fraction of sp³-hybridized carbons (Fsp3) is 0.0769. The van der Waals surface area contributed by atoms with Gasteiger partial charge in [-0.15, -0.1) is 0 Å². The molecule has 0 atom stereocenters. The van der Waals surface area contributed by atoms with Crippen molar-refractivity contribution in [2.45, 2.75) is 6.92 Å². The van der Waals surface area contributed by atoms with E-state index in [0.717, 1.165) is 5.56 Å². The Balaban J connectivity index is 2.22. The maximum atomic E-state index is 13.1. The Morgan fingerprint density at radius 3 is 2.83 bits per heavy atom. The molecule has 5 heteroatoms. The molecule has 3 nitrogen and oxygen atoms in total. The number of amides is 1. The van der Waals surface area contributed by atoms with Gasteiger partial charge in [-0.25, -0.2) is 4.39 Å². The highest BCUT2D eigenvalue weighted by atomic mass is 79.9. The largest absolute Gasteiger partial charge is 0.320 e. The molecule has 0 radical (unpaired) electrons. The lowest BCUT2D eigenvalue weighted by Crippen LogP contribution is -2.13. The lowest BCUT2D eigenvalue weighted by Gasteiger charge is -2.07. The second-order valence-corrected chi connectivity index (χ2v) is 4.63.